The van der Waals surface area contributed by atoms with Gasteiger partial charge in [0, 0.05) is 0 Å². The predicted octanol–water partition coefficient (Wildman–Crippen LogP) is 2.31. The van der Waals surface area contributed by atoms with E-state index in [0.29, 0.717) is 5.41 Å². The summed E-state index contributed by atoms with van der Waals surface area (Å²) in [6, 6.07) is -0.595. The predicted molar refractivity (Wildman–Crippen MR) is 64.0 cm³/mol. The van der Waals surface area contributed by atoms with Crippen LogP contribution in [0.25, 0.3) is 0 Å². The van der Waals surface area contributed by atoms with Gasteiger partial charge < -0.3 is 5.73 Å². The van der Waals surface area contributed by atoms with Gasteiger partial charge >= 0.3 is 6.03 Å². The largest absolute Gasteiger partial charge is 0.350 e. The Morgan fingerprint density at radius 1 is 1.44 bits per heavy atom. The lowest BCUT2D eigenvalue weighted by Crippen LogP contribution is -2.30. The summed E-state index contributed by atoms with van der Waals surface area (Å²) in [6.07, 6.45) is 9.29. The molecule has 0 aromatic rings. The number of amides is 2. The van der Waals surface area contributed by atoms with Crippen molar-refractivity contribution in [3.8, 4) is 0 Å². The van der Waals surface area contributed by atoms with Crippen LogP contribution < -0.4 is 11.2 Å². The molecule has 0 bridgehead atoms. The number of urea groups is 1. The molecule has 88 valence electrons. The standard InChI is InChI=1S/C12H19N3O/c1-12-6-3-2-4-9(12)8-10(5-7-12)14-15-11(13)16/h8H,2-7H2,1H3,(H3,13,15,16). The second-order valence-electron chi connectivity index (χ2n) is 5.02. The Hall–Kier alpha value is -1.32. The minimum absolute atomic E-state index is 0.379. The van der Waals surface area contributed by atoms with Gasteiger partial charge in [0.25, 0.3) is 0 Å². The number of nitrogens with two attached hydrogens (primary N) is 1. The summed E-state index contributed by atoms with van der Waals surface area (Å²) >= 11 is 0. The van der Waals surface area contributed by atoms with Crippen LogP contribution in [0.5, 0.6) is 0 Å². The molecule has 0 aliphatic heterocycles. The van der Waals surface area contributed by atoms with Crippen molar-refractivity contribution in [3.63, 3.8) is 0 Å². The van der Waals surface area contributed by atoms with E-state index in [9.17, 15) is 4.79 Å². The second-order valence-corrected chi connectivity index (χ2v) is 5.02. The fourth-order valence-electron chi connectivity index (χ4n) is 2.72. The molecule has 1 unspecified atom stereocenters. The summed E-state index contributed by atoms with van der Waals surface area (Å²) in [5, 5.41) is 4.02. The maximum Gasteiger partial charge on any atom is 0.332 e. The molecule has 4 heteroatoms. The third-order valence-electron chi connectivity index (χ3n) is 3.78. The van der Waals surface area contributed by atoms with Crippen molar-refractivity contribution in [3.05, 3.63) is 11.6 Å². The van der Waals surface area contributed by atoms with Crippen molar-refractivity contribution in [2.45, 2.75) is 45.4 Å². The van der Waals surface area contributed by atoms with Crippen LogP contribution in [0, 0.1) is 5.41 Å². The number of primary amides is 1. The minimum Gasteiger partial charge on any atom is -0.350 e. The summed E-state index contributed by atoms with van der Waals surface area (Å²) in [4.78, 5) is 10.6. The Balaban J connectivity index is 2.14. The number of fused-ring (bicyclic) bond motifs is 1. The van der Waals surface area contributed by atoms with Crippen molar-refractivity contribution < 1.29 is 4.79 Å². The molecule has 0 aromatic carbocycles. The van der Waals surface area contributed by atoms with E-state index in [1.807, 2.05) is 0 Å². The van der Waals surface area contributed by atoms with Crippen molar-refractivity contribution in [2.24, 2.45) is 16.3 Å². The number of carbonyl (C=O) groups is 1. The lowest BCUT2D eigenvalue weighted by Gasteiger charge is -2.39. The topological polar surface area (TPSA) is 67.5 Å². The van der Waals surface area contributed by atoms with Crippen LogP contribution >= 0.6 is 0 Å². The van der Waals surface area contributed by atoms with Crippen LogP contribution in [0.4, 0.5) is 4.79 Å². The number of rotatable bonds is 1. The van der Waals surface area contributed by atoms with E-state index in [0.717, 1.165) is 18.6 Å². The lowest BCUT2D eigenvalue weighted by atomic mass is 9.66. The number of hydrazone groups is 1. The van der Waals surface area contributed by atoms with E-state index in [1.165, 1.54) is 31.3 Å². The van der Waals surface area contributed by atoms with E-state index in [-0.39, 0.29) is 0 Å². The molecule has 1 saturated carbocycles. The minimum atomic E-state index is -0.595. The Bertz CT molecular complexity index is 359. The second kappa shape index (κ2) is 4.28. The van der Waals surface area contributed by atoms with Gasteiger partial charge in [-0.2, -0.15) is 5.10 Å². The van der Waals surface area contributed by atoms with Crippen LogP contribution in [-0.4, -0.2) is 11.7 Å². The molecule has 1 fully saturated rings. The van der Waals surface area contributed by atoms with E-state index < -0.39 is 6.03 Å². The molecule has 2 aliphatic carbocycles. The molecule has 0 spiro atoms. The van der Waals surface area contributed by atoms with Crippen LogP contribution in [0.15, 0.2) is 16.8 Å². The van der Waals surface area contributed by atoms with Crippen molar-refractivity contribution in [1.82, 2.24) is 5.43 Å². The first-order valence-electron chi connectivity index (χ1n) is 5.93. The molecule has 0 saturated heterocycles. The molecule has 4 nitrogen and oxygen atoms in total. The molecule has 0 aromatic heterocycles. The molecule has 3 N–H and O–H groups in total. The third kappa shape index (κ3) is 2.26. The highest BCUT2D eigenvalue weighted by Crippen LogP contribution is 2.46. The van der Waals surface area contributed by atoms with E-state index in [1.54, 1.807) is 0 Å². The maximum atomic E-state index is 10.6. The first-order chi connectivity index (χ1) is 7.60. The molecule has 0 radical (unpaired) electrons. The summed E-state index contributed by atoms with van der Waals surface area (Å²) < 4.78 is 0. The number of hydrogen-bond donors (Lipinski definition) is 2. The molecule has 2 rings (SSSR count). The van der Waals surface area contributed by atoms with Crippen LogP contribution in [0.3, 0.4) is 0 Å². The first-order valence-corrected chi connectivity index (χ1v) is 5.93. The monoisotopic (exact) mass is 221 g/mol. The number of nitrogens with zero attached hydrogens (tertiary/aromatic N) is 1. The first kappa shape index (κ1) is 11.2. The van der Waals surface area contributed by atoms with E-state index in [4.69, 9.17) is 5.73 Å². The molecule has 1 atom stereocenters. The van der Waals surface area contributed by atoms with Crippen LogP contribution in [0.1, 0.15) is 45.4 Å². The van der Waals surface area contributed by atoms with Crippen molar-refractivity contribution in [1.29, 1.82) is 0 Å². The van der Waals surface area contributed by atoms with Gasteiger partial charge in [0.2, 0.25) is 0 Å². The van der Waals surface area contributed by atoms with Crippen molar-refractivity contribution >= 4 is 11.7 Å². The smallest absolute Gasteiger partial charge is 0.332 e. The number of allylic oxidation sites excluding steroid dienone is 2. The third-order valence-corrected chi connectivity index (χ3v) is 3.78. The van der Waals surface area contributed by atoms with Gasteiger partial charge in [-0.05, 0) is 43.6 Å². The van der Waals surface area contributed by atoms with Gasteiger partial charge in [-0.25, -0.2) is 10.2 Å². The van der Waals surface area contributed by atoms with Gasteiger partial charge in [-0.15, -0.1) is 0 Å². The Labute approximate surface area is 96.0 Å². The van der Waals surface area contributed by atoms with E-state index >= 15 is 0 Å². The van der Waals surface area contributed by atoms with E-state index in [2.05, 4.69) is 23.5 Å². The highest BCUT2D eigenvalue weighted by atomic mass is 16.2. The van der Waals surface area contributed by atoms with Crippen LogP contribution in [-0.2, 0) is 0 Å². The molecule has 2 aliphatic rings. The lowest BCUT2D eigenvalue weighted by molar-refractivity contribution is 0.249. The fraction of sp³-hybridized carbons (Fsp3) is 0.667. The zero-order chi connectivity index (χ0) is 11.6. The van der Waals surface area contributed by atoms with Gasteiger partial charge in [-0.3, -0.25) is 0 Å². The highest BCUT2D eigenvalue weighted by molar-refractivity contribution is 5.97. The number of nitrogens with one attached hydrogen (secondary N) is 1. The zero-order valence-corrected chi connectivity index (χ0v) is 9.75. The molecular formula is C12H19N3O. The van der Waals surface area contributed by atoms with Crippen molar-refractivity contribution in [2.75, 3.05) is 0 Å². The summed E-state index contributed by atoms with van der Waals surface area (Å²) in [7, 11) is 0. The molecule has 0 heterocycles. The highest BCUT2D eigenvalue weighted by Gasteiger charge is 2.34. The average molecular weight is 221 g/mol. The Morgan fingerprint density at radius 2 is 2.25 bits per heavy atom. The average Bonchev–Trinajstić information content (AvgIpc) is 2.26. The normalized spacial score (nSPS) is 31.8. The summed E-state index contributed by atoms with van der Waals surface area (Å²) in [5.41, 5.74) is 10.1. The van der Waals surface area contributed by atoms with Gasteiger partial charge in [-0.1, -0.05) is 18.9 Å². The number of hydrogen-bond acceptors (Lipinski definition) is 2. The summed E-state index contributed by atoms with van der Waals surface area (Å²) in [5.74, 6) is 0. The molecular weight excluding hydrogens is 202 g/mol. The van der Waals surface area contributed by atoms with Gasteiger partial charge in [0.1, 0.15) is 0 Å². The maximum absolute atomic E-state index is 10.6. The summed E-state index contributed by atoms with van der Waals surface area (Å²) in [6.45, 7) is 2.34. The Morgan fingerprint density at radius 3 is 3.00 bits per heavy atom. The molecule has 2 amide bonds. The fourth-order valence-corrected chi connectivity index (χ4v) is 2.72. The van der Waals surface area contributed by atoms with Gasteiger partial charge in [0.15, 0.2) is 0 Å². The zero-order valence-electron chi connectivity index (χ0n) is 9.75. The quantitative estimate of drug-likeness (QED) is 0.655. The molecule has 16 heavy (non-hydrogen) atoms. The SMILES string of the molecule is CC12CCCCC1=CC(=NNC(N)=O)CC2. The number of carbonyl (C=O) groups excluding carboxylic acids is 1. The van der Waals surface area contributed by atoms with Crippen LogP contribution in [0.2, 0.25) is 0 Å². The van der Waals surface area contributed by atoms with Gasteiger partial charge in [0.05, 0.1) is 5.71 Å². The Kier molecular flexibility index (Phi) is 2.99.